The molecule has 0 aliphatic heterocycles. The zero-order valence-electron chi connectivity index (χ0n) is 6.83. The van der Waals surface area contributed by atoms with E-state index in [1.54, 1.807) is 0 Å². The summed E-state index contributed by atoms with van der Waals surface area (Å²) in [5, 5.41) is 0. The van der Waals surface area contributed by atoms with Crippen LogP contribution in [0.4, 0.5) is 18.9 Å². The van der Waals surface area contributed by atoms with Gasteiger partial charge in [-0.25, -0.2) is 0 Å². The van der Waals surface area contributed by atoms with Gasteiger partial charge in [-0.3, -0.25) is 0 Å². The van der Waals surface area contributed by atoms with E-state index in [2.05, 4.69) is 15.9 Å². The fourth-order valence-electron chi connectivity index (χ4n) is 1.09. The molecule has 0 bridgehead atoms. The smallest absolute Gasteiger partial charge is 0.398 e. The molecule has 0 aliphatic carbocycles. The van der Waals surface area contributed by atoms with Gasteiger partial charge in [0, 0.05) is 15.7 Å². The molecule has 0 heterocycles. The van der Waals surface area contributed by atoms with Gasteiger partial charge in [0.15, 0.2) is 0 Å². The number of benzene rings is 1. The minimum atomic E-state index is -4.45. The van der Waals surface area contributed by atoms with Gasteiger partial charge in [0.05, 0.1) is 11.4 Å². The number of anilines is 1. The minimum Gasteiger partial charge on any atom is -0.398 e. The Hall–Kier alpha value is -0.420. The van der Waals surface area contributed by atoms with Crippen LogP contribution in [0.1, 0.15) is 11.1 Å². The van der Waals surface area contributed by atoms with Crippen molar-refractivity contribution in [2.45, 2.75) is 12.1 Å². The topological polar surface area (TPSA) is 26.0 Å². The Bertz CT molecular complexity index is 351. The number of rotatable bonds is 1. The number of nitrogen functional groups attached to an aromatic ring is 1. The molecule has 0 aliphatic rings. The fraction of sp³-hybridized carbons (Fsp3) is 0.250. The van der Waals surface area contributed by atoms with Crippen molar-refractivity contribution in [2.75, 3.05) is 5.73 Å². The number of alkyl halides is 4. The summed E-state index contributed by atoms with van der Waals surface area (Å²) >= 11 is 8.24. The summed E-state index contributed by atoms with van der Waals surface area (Å²) in [5.41, 5.74) is 4.56. The van der Waals surface area contributed by atoms with E-state index in [4.69, 9.17) is 17.3 Å². The highest BCUT2D eigenvalue weighted by Crippen LogP contribution is 2.39. The summed E-state index contributed by atoms with van der Waals surface area (Å²) in [6, 6.07) is 2.64. The Morgan fingerprint density at radius 1 is 1.36 bits per heavy atom. The molecule has 78 valence electrons. The van der Waals surface area contributed by atoms with Crippen molar-refractivity contribution in [3.05, 3.63) is 27.7 Å². The van der Waals surface area contributed by atoms with E-state index in [0.29, 0.717) is 0 Å². The Kier molecular flexibility index (Phi) is 3.32. The first-order chi connectivity index (χ1) is 6.38. The lowest BCUT2D eigenvalue weighted by molar-refractivity contribution is -0.138. The van der Waals surface area contributed by atoms with Crippen molar-refractivity contribution in [1.82, 2.24) is 0 Å². The summed E-state index contributed by atoms with van der Waals surface area (Å²) in [7, 11) is 0. The van der Waals surface area contributed by atoms with Crippen molar-refractivity contribution in [3.63, 3.8) is 0 Å². The Morgan fingerprint density at radius 2 is 1.93 bits per heavy atom. The first kappa shape index (κ1) is 11.7. The van der Waals surface area contributed by atoms with Crippen LogP contribution in [0.15, 0.2) is 16.6 Å². The summed E-state index contributed by atoms with van der Waals surface area (Å²) in [5.74, 6) is -0.264. The fourth-order valence-corrected chi connectivity index (χ4v) is 1.97. The van der Waals surface area contributed by atoms with Gasteiger partial charge in [0.25, 0.3) is 0 Å². The lowest BCUT2D eigenvalue weighted by atomic mass is 10.1. The lowest BCUT2D eigenvalue weighted by Crippen LogP contribution is -2.11. The minimum absolute atomic E-state index is 0.0464. The standard InChI is InChI=1S/C8H6BrClF3N/c9-5-1-2-6(14)4(3-10)7(5)8(11,12)13/h1-2H,3,14H2. The highest BCUT2D eigenvalue weighted by atomic mass is 79.9. The number of nitrogens with two attached hydrogens (primary N) is 1. The van der Waals surface area contributed by atoms with Gasteiger partial charge in [-0.1, -0.05) is 15.9 Å². The van der Waals surface area contributed by atoms with Crippen LogP contribution in [0.25, 0.3) is 0 Å². The van der Waals surface area contributed by atoms with Crippen LogP contribution >= 0.6 is 27.5 Å². The van der Waals surface area contributed by atoms with Crippen molar-refractivity contribution in [3.8, 4) is 0 Å². The van der Waals surface area contributed by atoms with Gasteiger partial charge in [-0.2, -0.15) is 13.2 Å². The van der Waals surface area contributed by atoms with E-state index in [-0.39, 0.29) is 21.6 Å². The molecule has 1 aromatic rings. The van der Waals surface area contributed by atoms with Gasteiger partial charge in [-0.15, -0.1) is 11.6 Å². The SMILES string of the molecule is Nc1ccc(Br)c(C(F)(F)F)c1CCl. The van der Waals surface area contributed by atoms with E-state index in [9.17, 15) is 13.2 Å². The predicted molar refractivity (Wildman–Crippen MR) is 53.1 cm³/mol. The maximum Gasteiger partial charge on any atom is 0.417 e. The molecule has 0 amide bonds. The monoisotopic (exact) mass is 287 g/mol. The Morgan fingerprint density at radius 3 is 2.29 bits per heavy atom. The first-order valence-electron chi connectivity index (χ1n) is 3.58. The molecule has 0 spiro atoms. The molecule has 1 rings (SSSR count). The lowest BCUT2D eigenvalue weighted by Gasteiger charge is -2.14. The van der Waals surface area contributed by atoms with Crippen LogP contribution in [0.5, 0.6) is 0 Å². The molecular formula is C8H6BrClF3N. The van der Waals surface area contributed by atoms with Gasteiger partial charge < -0.3 is 5.73 Å². The molecular weight excluding hydrogens is 282 g/mol. The number of hydrogen-bond donors (Lipinski definition) is 1. The third-order valence-corrected chi connectivity index (χ3v) is 2.64. The molecule has 1 aromatic carbocycles. The number of halogens is 5. The molecule has 1 nitrogen and oxygen atoms in total. The third kappa shape index (κ3) is 2.15. The predicted octanol–water partition coefficient (Wildman–Crippen LogP) is 3.79. The second-order valence-electron chi connectivity index (χ2n) is 2.62. The highest BCUT2D eigenvalue weighted by Gasteiger charge is 2.36. The van der Waals surface area contributed by atoms with Crippen LogP contribution in [0.2, 0.25) is 0 Å². The molecule has 6 heteroatoms. The summed E-state index contributed by atoms with van der Waals surface area (Å²) < 4.78 is 37.5. The second kappa shape index (κ2) is 3.98. The van der Waals surface area contributed by atoms with Crippen molar-refractivity contribution in [1.29, 1.82) is 0 Å². The van der Waals surface area contributed by atoms with E-state index < -0.39 is 11.7 Å². The summed E-state index contributed by atoms with van der Waals surface area (Å²) in [6.45, 7) is 0. The Balaban J connectivity index is 3.46. The van der Waals surface area contributed by atoms with Crippen LogP contribution in [-0.4, -0.2) is 0 Å². The maximum atomic E-state index is 12.5. The number of hydrogen-bond acceptors (Lipinski definition) is 1. The van der Waals surface area contributed by atoms with Gasteiger partial charge >= 0.3 is 6.18 Å². The van der Waals surface area contributed by atoms with Crippen LogP contribution in [0, 0.1) is 0 Å². The molecule has 2 N–H and O–H groups in total. The van der Waals surface area contributed by atoms with E-state index in [1.165, 1.54) is 12.1 Å². The van der Waals surface area contributed by atoms with Crippen LogP contribution in [-0.2, 0) is 12.1 Å². The molecule has 0 saturated heterocycles. The zero-order chi connectivity index (χ0) is 10.9. The van der Waals surface area contributed by atoms with Crippen LogP contribution in [0.3, 0.4) is 0 Å². The van der Waals surface area contributed by atoms with Gasteiger partial charge in [0.2, 0.25) is 0 Å². The first-order valence-corrected chi connectivity index (χ1v) is 4.90. The van der Waals surface area contributed by atoms with E-state index in [1.807, 2.05) is 0 Å². The van der Waals surface area contributed by atoms with E-state index >= 15 is 0 Å². The highest BCUT2D eigenvalue weighted by molar-refractivity contribution is 9.10. The molecule has 0 fully saturated rings. The summed E-state index contributed by atoms with van der Waals surface area (Å²) in [4.78, 5) is 0. The second-order valence-corrected chi connectivity index (χ2v) is 3.74. The van der Waals surface area contributed by atoms with Crippen molar-refractivity contribution < 1.29 is 13.2 Å². The molecule has 0 saturated carbocycles. The molecule has 0 radical (unpaired) electrons. The van der Waals surface area contributed by atoms with Crippen molar-refractivity contribution in [2.24, 2.45) is 0 Å². The third-order valence-electron chi connectivity index (χ3n) is 1.72. The van der Waals surface area contributed by atoms with Crippen molar-refractivity contribution >= 4 is 33.2 Å². The van der Waals surface area contributed by atoms with Crippen LogP contribution < -0.4 is 5.73 Å². The van der Waals surface area contributed by atoms with Gasteiger partial charge in [-0.05, 0) is 12.1 Å². The normalized spacial score (nSPS) is 11.8. The summed E-state index contributed by atoms with van der Waals surface area (Å²) in [6.07, 6.45) is -4.45. The quantitative estimate of drug-likeness (QED) is 0.617. The molecule has 0 atom stereocenters. The average Bonchev–Trinajstić information content (AvgIpc) is 2.06. The van der Waals surface area contributed by atoms with Gasteiger partial charge in [0.1, 0.15) is 0 Å². The molecule has 14 heavy (non-hydrogen) atoms. The molecule has 0 aromatic heterocycles. The Labute approximate surface area is 92.2 Å². The largest absolute Gasteiger partial charge is 0.417 e. The maximum absolute atomic E-state index is 12.5. The van der Waals surface area contributed by atoms with E-state index in [0.717, 1.165) is 0 Å². The molecule has 0 unspecified atom stereocenters. The average molecular weight is 288 g/mol. The zero-order valence-corrected chi connectivity index (χ0v) is 9.17.